The third-order valence-corrected chi connectivity index (χ3v) is 10.1. The van der Waals surface area contributed by atoms with E-state index in [0.29, 0.717) is 6.42 Å². The van der Waals surface area contributed by atoms with Crippen LogP contribution >= 0.6 is 0 Å². The second-order valence-electron chi connectivity index (χ2n) is 12.6. The van der Waals surface area contributed by atoms with E-state index in [9.17, 15) is 36.2 Å². The minimum absolute atomic E-state index is 0. The van der Waals surface area contributed by atoms with Crippen LogP contribution < -0.4 is 14.6 Å². The molecular weight excluding hydrogens is 745 g/mol. The quantitative estimate of drug-likeness (QED) is 0.0499. The van der Waals surface area contributed by atoms with Gasteiger partial charge in [-0.25, -0.2) is 8.42 Å². The van der Waals surface area contributed by atoms with Crippen molar-refractivity contribution >= 4 is 58.0 Å². The average Bonchev–Trinajstić information content (AvgIpc) is 3.10. The maximum Gasteiger partial charge on any atom is 2.00 e. The molecule has 0 aliphatic carbocycles. The average molecular weight is 795 g/mol. The summed E-state index contributed by atoms with van der Waals surface area (Å²) >= 11 is 0. The Balaban J connectivity index is 0.000000360. The fraction of sp³-hybridized carbons (Fsp3) is 0.400. The van der Waals surface area contributed by atoms with Crippen LogP contribution in [0.3, 0.4) is 0 Å². The molecule has 0 aliphatic heterocycles. The molecule has 0 bridgehead atoms. The first-order chi connectivity index (χ1) is 24.8. The number of unbranched alkanes of at least 4 members (excludes halogenated alkanes) is 10. The number of aryl methyl sites for hydroxylation is 2. The number of rotatable bonds is 20. The summed E-state index contributed by atoms with van der Waals surface area (Å²) in [6.45, 7) is 4.34. The van der Waals surface area contributed by atoms with Crippen molar-refractivity contribution < 1.29 is 45.6 Å². The third kappa shape index (κ3) is 16.6. The summed E-state index contributed by atoms with van der Waals surface area (Å²) in [5.74, 6) is -0.499. The van der Waals surface area contributed by atoms with E-state index in [1.165, 1.54) is 93.5 Å². The van der Waals surface area contributed by atoms with E-state index >= 15 is 0 Å². The summed E-state index contributed by atoms with van der Waals surface area (Å²) in [6.07, 6.45) is 15.1. The summed E-state index contributed by atoms with van der Waals surface area (Å²) in [6, 6.07) is 21.5. The van der Waals surface area contributed by atoms with E-state index in [1.54, 1.807) is 36.4 Å². The fourth-order valence-electron chi connectivity index (χ4n) is 5.52. The minimum Gasteiger partial charge on any atom is -0.870 e. The molecule has 53 heavy (non-hydrogen) atoms. The van der Waals surface area contributed by atoms with Gasteiger partial charge in [-0.2, -0.15) is 8.42 Å². The summed E-state index contributed by atoms with van der Waals surface area (Å²) < 4.78 is 78.8. The molecule has 0 saturated heterocycles. The van der Waals surface area contributed by atoms with Gasteiger partial charge in [0.1, 0.15) is 32.3 Å². The molecule has 0 aromatic heterocycles. The van der Waals surface area contributed by atoms with Crippen molar-refractivity contribution in [1.29, 1.82) is 0 Å². The molecule has 0 atom stereocenters. The van der Waals surface area contributed by atoms with Gasteiger partial charge in [0.05, 0.1) is 4.90 Å². The van der Waals surface area contributed by atoms with Gasteiger partial charge in [-0.15, -0.1) is 0 Å². The molecule has 2 N–H and O–H groups in total. The first kappa shape index (κ1) is 46.3. The molecule has 0 amide bonds. The van der Waals surface area contributed by atoms with E-state index in [0.717, 1.165) is 49.7 Å². The molecule has 10 nitrogen and oxygen atoms in total. The number of aromatic hydroxyl groups is 1. The molecule has 4 aromatic carbocycles. The summed E-state index contributed by atoms with van der Waals surface area (Å²) in [5, 5.41) is 21.5. The molecule has 4 aromatic rings. The Labute approximate surface area is 345 Å². The summed E-state index contributed by atoms with van der Waals surface area (Å²) in [4.78, 5) is -0.714. The van der Waals surface area contributed by atoms with Crippen LogP contribution in [-0.2, 0) is 33.1 Å². The Morgan fingerprint density at radius 2 is 1.00 bits per heavy atom. The molecule has 0 saturated carbocycles. The molecule has 13 heteroatoms. The maximum atomic E-state index is 11.7. The van der Waals surface area contributed by atoms with E-state index in [-0.39, 0.29) is 77.1 Å². The molecule has 0 aliphatic rings. The van der Waals surface area contributed by atoms with Gasteiger partial charge in [0.15, 0.2) is 11.5 Å². The van der Waals surface area contributed by atoms with Crippen LogP contribution in [0.4, 0.5) is 0 Å². The largest absolute Gasteiger partial charge is 2.00 e. The van der Waals surface area contributed by atoms with Gasteiger partial charge in [-0.1, -0.05) is 126 Å². The molecule has 0 fully saturated rings. The van der Waals surface area contributed by atoms with Crippen LogP contribution in [-0.4, -0.2) is 68.8 Å². The minimum atomic E-state index is -4.71. The summed E-state index contributed by atoms with van der Waals surface area (Å²) in [5.41, 5.74) is 1.61. The van der Waals surface area contributed by atoms with Crippen molar-refractivity contribution in [3.8, 4) is 34.5 Å². The Kier molecular flexibility index (Phi) is 20.8. The van der Waals surface area contributed by atoms with E-state index in [2.05, 4.69) is 13.8 Å². The zero-order valence-electron chi connectivity index (χ0n) is 30.7. The zero-order chi connectivity index (χ0) is 38.0. The van der Waals surface area contributed by atoms with Crippen molar-refractivity contribution in [1.82, 2.24) is 0 Å². The number of benzene rings is 4. The zero-order valence-corrected chi connectivity index (χ0v) is 34.5. The van der Waals surface area contributed by atoms with Crippen molar-refractivity contribution in [2.75, 3.05) is 0 Å². The van der Waals surface area contributed by atoms with E-state index in [1.807, 2.05) is 0 Å². The first-order valence-electron chi connectivity index (χ1n) is 17.9. The van der Waals surface area contributed by atoms with Crippen LogP contribution in [0.1, 0.15) is 102 Å². The van der Waals surface area contributed by atoms with Gasteiger partial charge in [0.25, 0.3) is 10.1 Å². The molecule has 0 spiro atoms. The number of ether oxygens (including phenoxy) is 2. The number of phenolic OH excluding ortho intramolecular Hbond substituents is 1. The van der Waals surface area contributed by atoms with Crippen molar-refractivity contribution in [2.24, 2.45) is 0 Å². The van der Waals surface area contributed by atoms with Gasteiger partial charge in [-0.05, 0) is 79.3 Å². The molecule has 0 radical (unpaired) electrons. The Morgan fingerprint density at radius 3 is 1.49 bits per heavy atom. The van der Waals surface area contributed by atoms with Crippen molar-refractivity contribution in [3.63, 3.8) is 0 Å². The topological polar surface area (TPSA) is 173 Å². The number of hydrogen-bond donors (Lipinski definition) is 2. The Hall–Kier alpha value is -2.84. The molecule has 4 rings (SSSR count). The number of para-hydroxylation sites is 4. The molecule has 284 valence electrons. The first-order valence-corrected chi connectivity index (χ1v) is 20.8. The predicted octanol–water partition coefficient (Wildman–Crippen LogP) is 9.31. The fourth-order valence-corrected chi connectivity index (χ4v) is 6.83. The standard InChI is InChI=1S/2C20H26O5S.Ca/c2*1-2-3-4-5-6-7-10-16-13-14-19(20(15-16)26(22,23)24)25-18-12-9-8-11-17(18)21;/h2*8-9,11-15,21H,2-7,10H2,1H3,(H,22,23,24);/q;;+2/p-2. The van der Waals surface area contributed by atoms with Gasteiger partial charge in [0, 0.05) is 0 Å². The van der Waals surface area contributed by atoms with Crippen LogP contribution in [0, 0.1) is 0 Å². The van der Waals surface area contributed by atoms with Crippen molar-refractivity contribution in [3.05, 3.63) is 96.1 Å². The van der Waals surface area contributed by atoms with Gasteiger partial charge < -0.3 is 24.2 Å². The maximum absolute atomic E-state index is 11.7. The summed E-state index contributed by atoms with van der Waals surface area (Å²) in [7, 11) is -9.15. The Morgan fingerprint density at radius 1 is 0.566 bits per heavy atom. The second-order valence-corrected chi connectivity index (χ2v) is 15.4. The monoisotopic (exact) mass is 794 g/mol. The van der Waals surface area contributed by atoms with Crippen LogP contribution in [0.15, 0.2) is 94.7 Å². The van der Waals surface area contributed by atoms with Gasteiger partial charge in [-0.3, -0.25) is 4.55 Å². The van der Waals surface area contributed by atoms with E-state index < -0.39 is 25.1 Å². The third-order valence-electron chi connectivity index (χ3n) is 8.36. The SMILES string of the molecule is CCCCCCCCc1ccc(Oc2ccccc2O)c(S(=O)(=O)O)c1.CCCCCCCCc1ccc(Oc2ccccc2[O-])c(S(=O)(=O)[O-])c1.[Ca+2]. The molecular formula is C40H50CaO10S2. The van der Waals surface area contributed by atoms with Gasteiger partial charge in [0.2, 0.25) is 0 Å². The second kappa shape index (κ2) is 23.8. The number of phenols is 1. The van der Waals surface area contributed by atoms with Gasteiger partial charge >= 0.3 is 37.7 Å². The van der Waals surface area contributed by atoms with Crippen LogP contribution in [0.2, 0.25) is 0 Å². The van der Waals surface area contributed by atoms with Crippen LogP contribution in [0.25, 0.3) is 0 Å². The molecule has 0 unspecified atom stereocenters. The predicted molar refractivity (Wildman–Crippen MR) is 205 cm³/mol. The smallest absolute Gasteiger partial charge is 0.870 e. The van der Waals surface area contributed by atoms with E-state index in [4.69, 9.17) is 9.47 Å². The number of hydrogen-bond acceptors (Lipinski definition) is 9. The van der Waals surface area contributed by atoms with Crippen LogP contribution in [0.5, 0.6) is 34.5 Å². The Bertz CT molecular complexity index is 1780. The van der Waals surface area contributed by atoms with Crippen molar-refractivity contribution in [2.45, 2.75) is 114 Å². The normalized spacial score (nSPS) is 11.2. The molecule has 0 heterocycles.